The molecule has 0 N–H and O–H groups in total. The van der Waals surface area contributed by atoms with Gasteiger partial charge in [-0.05, 0) is 26.2 Å². The Balaban J connectivity index is 1.75. The molecular formula is C20H19N3O2S. The van der Waals surface area contributed by atoms with E-state index in [9.17, 15) is 9.59 Å². The summed E-state index contributed by atoms with van der Waals surface area (Å²) in [4.78, 5) is 34.3. The fourth-order valence-electron chi connectivity index (χ4n) is 3.42. The highest BCUT2D eigenvalue weighted by Crippen LogP contribution is 2.42. The van der Waals surface area contributed by atoms with Crippen molar-refractivity contribution in [2.75, 3.05) is 19.0 Å². The van der Waals surface area contributed by atoms with Gasteiger partial charge in [-0.3, -0.25) is 19.5 Å². The molecule has 1 saturated heterocycles. The second-order valence-electron chi connectivity index (χ2n) is 6.59. The predicted molar refractivity (Wildman–Crippen MR) is 104 cm³/mol. The minimum Gasteiger partial charge on any atom is -0.287 e. The molecule has 26 heavy (non-hydrogen) atoms. The van der Waals surface area contributed by atoms with Crippen molar-refractivity contribution in [1.82, 2.24) is 4.90 Å². The summed E-state index contributed by atoms with van der Waals surface area (Å²) in [6, 6.07) is 18.9. The van der Waals surface area contributed by atoms with E-state index in [1.54, 1.807) is 12.1 Å². The minimum absolute atomic E-state index is 0.161. The number of carbonyl (C=O) groups excluding carboxylic acids is 2. The first-order valence-electron chi connectivity index (χ1n) is 8.47. The van der Waals surface area contributed by atoms with Crippen molar-refractivity contribution in [2.45, 2.75) is 11.4 Å². The van der Waals surface area contributed by atoms with Gasteiger partial charge in [0.05, 0.1) is 11.6 Å². The van der Waals surface area contributed by atoms with Crippen molar-refractivity contribution < 1.29 is 9.59 Å². The largest absolute Gasteiger partial charge is 0.287 e. The van der Waals surface area contributed by atoms with E-state index in [0.717, 1.165) is 10.6 Å². The summed E-state index contributed by atoms with van der Waals surface area (Å²) < 4.78 is 0. The molecule has 2 amide bonds. The monoisotopic (exact) mass is 365 g/mol. The Morgan fingerprint density at radius 3 is 2.15 bits per heavy atom. The van der Waals surface area contributed by atoms with Gasteiger partial charge in [0.25, 0.3) is 0 Å². The van der Waals surface area contributed by atoms with Crippen LogP contribution in [0.1, 0.15) is 5.56 Å². The average molecular weight is 365 g/mol. The first kappa shape index (κ1) is 17.0. The van der Waals surface area contributed by atoms with E-state index in [1.165, 1.54) is 16.7 Å². The predicted octanol–water partition coefficient (Wildman–Crippen LogP) is 2.63. The van der Waals surface area contributed by atoms with Crippen LogP contribution in [-0.4, -0.2) is 47.3 Å². The Kier molecular flexibility index (Phi) is 4.38. The maximum Gasteiger partial charge on any atom is 0.248 e. The molecule has 0 aromatic heterocycles. The number of para-hydroxylation sites is 1. The highest BCUT2D eigenvalue weighted by atomic mass is 32.2. The van der Waals surface area contributed by atoms with Gasteiger partial charge in [-0.25, -0.2) is 4.90 Å². The van der Waals surface area contributed by atoms with Crippen molar-refractivity contribution in [2.24, 2.45) is 10.9 Å². The molecule has 0 spiro atoms. The lowest BCUT2D eigenvalue weighted by Crippen LogP contribution is -2.44. The number of hydrogen-bond acceptors (Lipinski definition) is 5. The molecule has 2 aliphatic rings. The lowest BCUT2D eigenvalue weighted by Gasteiger charge is -2.32. The number of fused-ring (bicyclic) bond motifs is 1. The van der Waals surface area contributed by atoms with Crippen LogP contribution in [0.5, 0.6) is 0 Å². The normalized spacial score (nSPS) is 25.4. The van der Waals surface area contributed by atoms with Crippen molar-refractivity contribution >= 4 is 34.3 Å². The third kappa shape index (κ3) is 2.75. The van der Waals surface area contributed by atoms with Gasteiger partial charge in [0.15, 0.2) is 0 Å². The number of benzene rings is 2. The van der Waals surface area contributed by atoms with Crippen molar-refractivity contribution in [3.63, 3.8) is 0 Å². The summed E-state index contributed by atoms with van der Waals surface area (Å²) in [5.74, 6) is -0.810. The SMILES string of the molecule is CN(C)[C@H]1N=C(c2ccccc2)S[C@@H]2C(=O)N(c3ccccc3)C(=O)[C@@H]21. The van der Waals surface area contributed by atoms with Crippen LogP contribution in [0.25, 0.3) is 0 Å². The van der Waals surface area contributed by atoms with Crippen LogP contribution in [0.3, 0.4) is 0 Å². The molecule has 2 aromatic rings. The number of thioether (sulfide) groups is 1. The van der Waals surface area contributed by atoms with E-state index in [0.29, 0.717) is 5.69 Å². The van der Waals surface area contributed by atoms with E-state index >= 15 is 0 Å². The summed E-state index contributed by atoms with van der Waals surface area (Å²) in [6.07, 6.45) is -0.360. The molecular weight excluding hydrogens is 346 g/mol. The standard InChI is InChI=1S/C20H19N3O2S/c1-22(2)17-15-16(26-18(21-17)13-9-5-3-6-10-13)20(25)23(19(15)24)14-11-7-4-8-12-14/h3-12,15-17H,1-2H3/t15-,16-,17+/m0/s1. The van der Waals surface area contributed by atoms with Gasteiger partial charge >= 0.3 is 0 Å². The van der Waals surface area contributed by atoms with Gasteiger partial charge in [0.2, 0.25) is 11.8 Å². The molecule has 1 fully saturated rings. The maximum absolute atomic E-state index is 13.1. The van der Waals surface area contributed by atoms with Crippen molar-refractivity contribution in [3.05, 3.63) is 66.2 Å². The highest BCUT2D eigenvalue weighted by Gasteiger charge is 2.55. The number of aliphatic imine (C=N–C) groups is 1. The summed E-state index contributed by atoms with van der Waals surface area (Å²) in [6.45, 7) is 0. The molecule has 0 unspecified atom stereocenters. The van der Waals surface area contributed by atoms with Crippen LogP contribution in [0.15, 0.2) is 65.7 Å². The molecule has 0 aliphatic carbocycles. The third-order valence-electron chi connectivity index (χ3n) is 4.67. The van der Waals surface area contributed by atoms with Gasteiger partial charge in [-0.1, -0.05) is 60.3 Å². The molecule has 0 radical (unpaired) electrons. The zero-order chi connectivity index (χ0) is 18.3. The summed E-state index contributed by atoms with van der Waals surface area (Å²) >= 11 is 1.40. The van der Waals surface area contributed by atoms with Gasteiger partial charge in [0.1, 0.15) is 16.5 Å². The molecule has 3 atom stereocenters. The lowest BCUT2D eigenvalue weighted by molar-refractivity contribution is -0.123. The Bertz CT molecular complexity index is 867. The van der Waals surface area contributed by atoms with E-state index in [-0.39, 0.29) is 18.0 Å². The van der Waals surface area contributed by atoms with Gasteiger partial charge in [-0.2, -0.15) is 0 Å². The van der Waals surface area contributed by atoms with Gasteiger partial charge in [-0.15, -0.1) is 0 Å². The molecule has 132 valence electrons. The molecule has 6 heteroatoms. The topological polar surface area (TPSA) is 53.0 Å². The smallest absolute Gasteiger partial charge is 0.248 e. The van der Waals surface area contributed by atoms with E-state index < -0.39 is 11.2 Å². The number of nitrogens with zero attached hydrogens (tertiary/aromatic N) is 3. The Labute approximate surface area is 156 Å². The molecule has 2 heterocycles. The molecule has 4 rings (SSSR count). The first-order chi connectivity index (χ1) is 12.6. The number of amides is 2. The van der Waals surface area contributed by atoms with Crippen LogP contribution >= 0.6 is 11.8 Å². The fraction of sp³-hybridized carbons (Fsp3) is 0.250. The molecule has 5 nitrogen and oxygen atoms in total. The zero-order valence-electron chi connectivity index (χ0n) is 14.6. The summed E-state index contributed by atoms with van der Waals surface area (Å²) in [5, 5.41) is 0.351. The number of anilines is 1. The third-order valence-corrected chi connectivity index (χ3v) is 5.98. The first-order valence-corrected chi connectivity index (χ1v) is 9.35. The Hall–Kier alpha value is -2.44. The van der Waals surface area contributed by atoms with Crippen LogP contribution in [0.2, 0.25) is 0 Å². The lowest BCUT2D eigenvalue weighted by atomic mass is 10.0. The highest BCUT2D eigenvalue weighted by molar-refractivity contribution is 8.15. The van der Waals surface area contributed by atoms with Crippen LogP contribution in [-0.2, 0) is 9.59 Å². The number of rotatable bonds is 3. The number of hydrogen-bond donors (Lipinski definition) is 0. The van der Waals surface area contributed by atoms with E-state index in [2.05, 4.69) is 0 Å². The second kappa shape index (κ2) is 6.70. The zero-order valence-corrected chi connectivity index (χ0v) is 15.4. The quantitative estimate of drug-likeness (QED) is 0.785. The van der Waals surface area contributed by atoms with Crippen molar-refractivity contribution in [3.8, 4) is 0 Å². The van der Waals surface area contributed by atoms with Crippen LogP contribution in [0, 0.1) is 5.92 Å². The van der Waals surface area contributed by atoms with E-state index in [4.69, 9.17) is 4.99 Å². The summed E-state index contributed by atoms with van der Waals surface area (Å²) in [5.41, 5.74) is 1.59. The van der Waals surface area contributed by atoms with Crippen LogP contribution in [0.4, 0.5) is 5.69 Å². The minimum atomic E-state index is -0.477. The second-order valence-corrected chi connectivity index (χ2v) is 7.72. The Morgan fingerprint density at radius 1 is 0.923 bits per heavy atom. The number of carbonyl (C=O) groups is 2. The van der Waals surface area contributed by atoms with Crippen LogP contribution < -0.4 is 4.90 Å². The maximum atomic E-state index is 13.1. The summed E-state index contributed by atoms with van der Waals surface area (Å²) in [7, 11) is 3.79. The molecule has 2 aromatic carbocycles. The average Bonchev–Trinajstić information content (AvgIpc) is 2.93. The number of imide groups is 1. The van der Waals surface area contributed by atoms with Gasteiger partial charge in [0, 0.05) is 5.56 Å². The van der Waals surface area contributed by atoms with E-state index in [1.807, 2.05) is 67.5 Å². The van der Waals surface area contributed by atoms with Crippen molar-refractivity contribution in [1.29, 1.82) is 0 Å². The molecule has 0 saturated carbocycles. The van der Waals surface area contributed by atoms with Gasteiger partial charge < -0.3 is 0 Å². The molecule has 2 aliphatic heterocycles. The fourth-order valence-corrected chi connectivity index (χ4v) is 4.71. The Morgan fingerprint density at radius 2 is 1.54 bits per heavy atom. The molecule has 0 bridgehead atoms.